The van der Waals surface area contributed by atoms with Crippen LogP contribution in [-0.2, 0) is 14.6 Å². The Balaban J connectivity index is 2.52. The highest BCUT2D eigenvalue weighted by Gasteiger charge is 2.54. The third-order valence-electron chi connectivity index (χ3n) is 3.09. The highest BCUT2D eigenvalue weighted by molar-refractivity contribution is 7.91. The second kappa shape index (κ2) is 4.16. The Morgan fingerprint density at radius 1 is 1.57 bits per heavy atom. The molecule has 0 radical (unpaired) electrons. The van der Waals surface area contributed by atoms with Crippen molar-refractivity contribution in [1.29, 1.82) is 0 Å². The fraction of sp³-hybridized carbons (Fsp3) is 1.00. The molecule has 0 aromatic heterocycles. The van der Waals surface area contributed by atoms with E-state index in [0.717, 1.165) is 6.42 Å². The summed E-state index contributed by atoms with van der Waals surface area (Å²) in [6.07, 6.45) is 0.885. The summed E-state index contributed by atoms with van der Waals surface area (Å²) in [5.74, 6) is 0.693. The quantitative estimate of drug-likeness (QED) is 0.687. The highest BCUT2D eigenvalue weighted by Crippen LogP contribution is 2.52. The van der Waals surface area contributed by atoms with Crippen molar-refractivity contribution in [2.75, 3.05) is 31.8 Å². The van der Waals surface area contributed by atoms with Crippen LogP contribution in [0.2, 0.25) is 0 Å². The van der Waals surface area contributed by atoms with Gasteiger partial charge in [0.05, 0.1) is 12.4 Å². The molecule has 0 unspecified atom stereocenters. The second-order valence-corrected chi connectivity index (χ2v) is 6.50. The van der Waals surface area contributed by atoms with Crippen molar-refractivity contribution >= 4 is 9.84 Å². The molecule has 2 N–H and O–H groups in total. The molecule has 0 saturated heterocycles. The van der Waals surface area contributed by atoms with Gasteiger partial charge in [0.15, 0.2) is 0 Å². The maximum Gasteiger partial charge on any atom is 0.150 e. The average molecular weight is 221 g/mol. The molecular formula is C9H19NO3S. The molecule has 0 aliphatic heterocycles. The fourth-order valence-corrected chi connectivity index (χ4v) is 3.19. The van der Waals surface area contributed by atoms with Crippen molar-refractivity contribution < 1.29 is 13.2 Å². The molecule has 14 heavy (non-hydrogen) atoms. The van der Waals surface area contributed by atoms with Gasteiger partial charge in [-0.25, -0.2) is 8.42 Å². The lowest BCUT2D eigenvalue weighted by Crippen LogP contribution is -2.25. The van der Waals surface area contributed by atoms with Gasteiger partial charge in [0, 0.05) is 24.8 Å². The summed E-state index contributed by atoms with van der Waals surface area (Å²) in [7, 11) is -1.24. The monoisotopic (exact) mass is 221 g/mol. The normalized spacial score (nSPS) is 31.8. The molecule has 1 aliphatic carbocycles. The van der Waals surface area contributed by atoms with E-state index in [1.54, 1.807) is 14.0 Å². The van der Waals surface area contributed by atoms with Gasteiger partial charge in [0.1, 0.15) is 9.84 Å². The molecule has 4 nitrogen and oxygen atoms in total. The van der Waals surface area contributed by atoms with E-state index < -0.39 is 9.84 Å². The molecular weight excluding hydrogens is 202 g/mol. The zero-order chi connectivity index (χ0) is 10.8. The maximum absolute atomic E-state index is 11.4. The predicted octanol–water partition coefficient (Wildman–Crippen LogP) is 0.0325. The molecule has 5 heteroatoms. The number of rotatable bonds is 6. The maximum atomic E-state index is 11.4. The van der Waals surface area contributed by atoms with Crippen molar-refractivity contribution in [3.05, 3.63) is 0 Å². The molecule has 1 saturated carbocycles. The van der Waals surface area contributed by atoms with E-state index in [1.165, 1.54) is 0 Å². The van der Waals surface area contributed by atoms with E-state index in [2.05, 4.69) is 0 Å². The summed E-state index contributed by atoms with van der Waals surface area (Å²) in [6, 6.07) is 0. The summed E-state index contributed by atoms with van der Waals surface area (Å²) >= 11 is 0. The minimum Gasteiger partial charge on any atom is -0.384 e. The lowest BCUT2D eigenvalue weighted by molar-refractivity contribution is 0.138. The molecule has 0 aromatic rings. The topological polar surface area (TPSA) is 69.4 Å². The number of ether oxygens (including phenoxy) is 1. The molecule has 1 aliphatic rings. The van der Waals surface area contributed by atoms with Crippen LogP contribution in [-0.4, -0.2) is 40.2 Å². The Bertz CT molecular complexity index is 288. The van der Waals surface area contributed by atoms with E-state index in [9.17, 15) is 8.42 Å². The van der Waals surface area contributed by atoms with Gasteiger partial charge >= 0.3 is 0 Å². The number of hydrogen-bond donors (Lipinski definition) is 1. The molecule has 0 bridgehead atoms. The number of sulfone groups is 1. The molecule has 0 heterocycles. The molecule has 1 rings (SSSR count). The van der Waals surface area contributed by atoms with Crippen LogP contribution in [0.1, 0.15) is 13.3 Å². The second-order valence-electron chi connectivity index (χ2n) is 4.10. The number of hydrogen-bond acceptors (Lipinski definition) is 4. The molecule has 0 spiro atoms. The number of methoxy groups -OCH3 is 1. The average Bonchev–Trinajstić information content (AvgIpc) is 2.79. The third kappa shape index (κ3) is 2.46. The predicted molar refractivity (Wildman–Crippen MR) is 55.8 cm³/mol. The van der Waals surface area contributed by atoms with Crippen molar-refractivity contribution in [2.24, 2.45) is 17.1 Å². The Kier molecular flexibility index (Phi) is 3.55. The van der Waals surface area contributed by atoms with E-state index in [4.69, 9.17) is 10.5 Å². The van der Waals surface area contributed by atoms with Crippen molar-refractivity contribution in [3.63, 3.8) is 0 Å². The van der Waals surface area contributed by atoms with Crippen LogP contribution in [0.5, 0.6) is 0 Å². The molecule has 2 atom stereocenters. The SMILES string of the molecule is CCS(=O)(=O)C[C@H]1C[C@@]1(CN)COC. The van der Waals surface area contributed by atoms with Gasteiger partial charge in [0.2, 0.25) is 0 Å². The van der Waals surface area contributed by atoms with E-state index in [1.807, 2.05) is 0 Å². The molecule has 0 amide bonds. The van der Waals surface area contributed by atoms with Crippen LogP contribution in [0.25, 0.3) is 0 Å². The van der Waals surface area contributed by atoms with Crippen molar-refractivity contribution in [1.82, 2.24) is 0 Å². The van der Waals surface area contributed by atoms with Gasteiger partial charge in [0.25, 0.3) is 0 Å². The van der Waals surface area contributed by atoms with Crippen LogP contribution in [0.4, 0.5) is 0 Å². The van der Waals surface area contributed by atoms with Gasteiger partial charge in [-0.3, -0.25) is 0 Å². The van der Waals surface area contributed by atoms with Crippen molar-refractivity contribution in [3.8, 4) is 0 Å². The molecule has 1 fully saturated rings. The van der Waals surface area contributed by atoms with Gasteiger partial charge < -0.3 is 10.5 Å². The van der Waals surface area contributed by atoms with E-state index >= 15 is 0 Å². The van der Waals surface area contributed by atoms with Gasteiger partial charge in [-0.05, 0) is 12.3 Å². The van der Waals surface area contributed by atoms with Gasteiger partial charge in [-0.1, -0.05) is 6.92 Å². The largest absolute Gasteiger partial charge is 0.384 e. The fourth-order valence-electron chi connectivity index (χ4n) is 1.87. The first-order valence-electron chi connectivity index (χ1n) is 4.89. The summed E-state index contributed by atoms with van der Waals surface area (Å²) < 4.78 is 27.8. The minimum atomic E-state index is -2.87. The van der Waals surface area contributed by atoms with Gasteiger partial charge in [-0.15, -0.1) is 0 Å². The summed E-state index contributed by atoms with van der Waals surface area (Å²) in [5, 5.41) is 0. The van der Waals surface area contributed by atoms with Crippen LogP contribution in [0, 0.1) is 11.3 Å². The van der Waals surface area contributed by atoms with Crippen LogP contribution in [0.3, 0.4) is 0 Å². The van der Waals surface area contributed by atoms with Crippen molar-refractivity contribution in [2.45, 2.75) is 13.3 Å². The van der Waals surface area contributed by atoms with Crippen LogP contribution >= 0.6 is 0 Å². The highest BCUT2D eigenvalue weighted by atomic mass is 32.2. The number of nitrogens with two attached hydrogens (primary N) is 1. The lowest BCUT2D eigenvalue weighted by atomic mass is 10.1. The zero-order valence-corrected chi connectivity index (χ0v) is 9.64. The third-order valence-corrected chi connectivity index (χ3v) is 4.88. The van der Waals surface area contributed by atoms with E-state index in [-0.39, 0.29) is 22.8 Å². The first kappa shape index (κ1) is 11.9. The minimum absolute atomic E-state index is 0.0585. The molecule has 84 valence electrons. The zero-order valence-electron chi connectivity index (χ0n) is 8.82. The van der Waals surface area contributed by atoms with Crippen LogP contribution < -0.4 is 5.73 Å². The first-order chi connectivity index (χ1) is 6.49. The first-order valence-corrected chi connectivity index (χ1v) is 6.71. The molecule has 0 aromatic carbocycles. The Morgan fingerprint density at radius 3 is 2.64 bits per heavy atom. The summed E-state index contributed by atoms with van der Waals surface area (Å²) in [6.45, 7) is 2.77. The standard InChI is InChI=1S/C9H19NO3S/c1-3-14(11,12)5-8-4-9(8,6-10)7-13-2/h8H,3-7,10H2,1-2H3/t8-,9-/m1/s1. The van der Waals surface area contributed by atoms with Gasteiger partial charge in [-0.2, -0.15) is 0 Å². The van der Waals surface area contributed by atoms with E-state index in [0.29, 0.717) is 13.2 Å². The smallest absolute Gasteiger partial charge is 0.150 e. The van der Waals surface area contributed by atoms with Crippen LogP contribution in [0.15, 0.2) is 0 Å². The summed E-state index contributed by atoms with van der Waals surface area (Å²) in [5.41, 5.74) is 5.57. The Hall–Kier alpha value is -0.130. The Labute approximate surface area is 85.7 Å². The Morgan fingerprint density at radius 2 is 2.21 bits per heavy atom. The lowest BCUT2D eigenvalue weighted by Gasteiger charge is -2.13. The summed E-state index contributed by atoms with van der Waals surface area (Å²) in [4.78, 5) is 0.